The van der Waals surface area contributed by atoms with Crippen LogP contribution in [-0.2, 0) is 0 Å². The van der Waals surface area contributed by atoms with Crippen molar-refractivity contribution < 1.29 is 9.47 Å². The summed E-state index contributed by atoms with van der Waals surface area (Å²) in [5.74, 6) is 1.80. The largest absolute Gasteiger partial charge is 0.494 e. The Morgan fingerprint density at radius 1 is 0.950 bits per heavy atom. The summed E-state index contributed by atoms with van der Waals surface area (Å²) in [6.45, 7) is 2.52. The second-order valence-electron chi connectivity index (χ2n) is 3.94. The summed E-state index contributed by atoms with van der Waals surface area (Å²) in [5, 5.41) is 17.9. The second-order valence-corrected chi connectivity index (χ2v) is 3.94. The van der Waals surface area contributed by atoms with Crippen molar-refractivity contribution in [3.8, 4) is 29.4 Å². The number of hydrogen-bond acceptors (Lipinski definition) is 4. The van der Waals surface area contributed by atoms with E-state index in [9.17, 15) is 0 Å². The maximum atomic E-state index is 9.07. The maximum absolute atomic E-state index is 9.07. The lowest BCUT2D eigenvalue weighted by Crippen LogP contribution is -1.92. The molecule has 0 aromatic heterocycles. The van der Waals surface area contributed by atoms with E-state index >= 15 is 0 Å². The van der Waals surface area contributed by atoms with Gasteiger partial charge in [-0.15, -0.1) is 0 Å². The van der Waals surface area contributed by atoms with Crippen LogP contribution in [0.1, 0.15) is 18.1 Å². The second kappa shape index (κ2) is 6.26. The molecule has 0 aliphatic heterocycles. The van der Waals surface area contributed by atoms with E-state index in [0.29, 0.717) is 29.2 Å². The summed E-state index contributed by atoms with van der Waals surface area (Å²) in [4.78, 5) is 0. The minimum Gasteiger partial charge on any atom is -0.494 e. The zero-order valence-electron chi connectivity index (χ0n) is 11.0. The first-order valence-electron chi connectivity index (χ1n) is 6.11. The van der Waals surface area contributed by atoms with Gasteiger partial charge in [0.25, 0.3) is 0 Å². The van der Waals surface area contributed by atoms with Crippen LogP contribution in [0.4, 0.5) is 0 Å². The van der Waals surface area contributed by atoms with Crippen LogP contribution in [0.5, 0.6) is 17.2 Å². The van der Waals surface area contributed by atoms with Gasteiger partial charge in [-0.25, -0.2) is 0 Å². The molecule has 98 valence electrons. The molecule has 2 aromatic carbocycles. The van der Waals surface area contributed by atoms with E-state index in [0.717, 1.165) is 5.75 Å². The maximum Gasteiger partial charge on any atom is 0.145 e. The Morgan fingerprint density at radius 2 is 1.65 bits per heavy atom. The quantitative estimate of drug-likeness (QED) is 0.845. The van der Waals surface area contributed by atoms with Crippen molar-refractivity contribution in [1.29, 1.82) is 10.5 Å². The van der Waals surface area contributed by atoms with Crippen LogP contribution in [0.15, 0.2) is 42.5 Å². The minimum absolute atomic E-state index is 0.331. The third-order valence-corrected chi connectivity index (χ3v) is 2.59. The van der Waals surface area contributed by atoms with Gasteiger partial charge >= 0.3 is 0 Å². The van der Waals surface area contributed by atoms with E-state index in [1.54, 1.807) is 36.4 Å². The van der Waals surface area contributed by atoms with Crippen molar-refractivity contribution in [2.45, 2.75) is 6.92 Å². The lowest BCUT2D eigenvalue weighted by Gasteiger charge is -2.08. The third kappa shape index (κ3) is 3.07. The molecular weight excluding hydrogens is 252 g/mol. The average molecular weight is 264 g/mol. The molecule has 4 nitrogen and oxygen atoms in total. The highest BCUT2D eigenvalue weighted by Gasteiger charge is 2.06. The molecule has 0 bridgehead atoms. The Morgan fingerprint density at radius 3 is 2.25 bits per heavy atom. The van der Waals surface area contributed by atoms with Gasteiger partial charge in [-0.2, -0.15) is 10.5 Å². The predicted molar refractivity (Wildman–Crippen MR) is 73.6 cm³/mol. The fourth-order valence-electron chi connectivity index (χ4n) is 1.67. The van der Waals surface area contributed by atoms with E-state index < -0.39 is 0 Å². The van der Waals surface area contributed by atoms with Gasteiger partial charge in [0, 0.05) is 0 Å². The topological polar surface area (TPSA) is 66.0 Å². The van der Waals surface area contributed by atoms with Crippen LogP contribution in [0, 0.1) is 22.7 Å². The minimum atomic E-state index is 0.331. The van der Waals surface area contributed by atoms with Crippen LogP contribution in [-0.4, -0.2) is 6.61 Å². The predicted octanol–water partition coefficient (Wildman–Crippen LogP) is 3.62. The van der Waals surface area contributed by atoms with Crippen molar-refractivity contribution >= 4 is 0 Å². The molecule has 0 amide bonds. The van der Waals surface area contributed by atoms with Gasteiger partial charge in [-0.3, -0.25) is 0 Å². The molecule has 4 heteroatoms. The summed E-state index contributed by atoms with van der Waals surface area (Å²) in [7, 11) is 0. The molecule has 0 radical (unpaired) electrons. The Balaban J connectivity index is 2.22. The van der Waals surface area contributed by atoms with E-state index in [-0.39, 0.29) is 0 Å². The zero-order valence-corrected chi connectivity index (χ0v) is 11.0. The van der Waals surface area contributed by atoms with Gasteiger partial charge < -0.3 is 9.47 Å². The highest BCUT2D eigenvalue weighted by Crippen LogP contribution is 2.27. The fraction of sp³-hybridized carbons (Fsp3) is 0.125. The van der Waals surface area contributed by atoms with Gasteiger partial charge in [0.05, 0.1) is 23.8 Å². The summed E-state index contributed by atoms with van der Waals surface area (Å²) >= 11 is 0. The molecule has 0 saturated carbocycles. The molecule has 0 fully saturated rings. The number of benzene rings is 2. The molecule has 0 spiro atoms. The van der Waals surface area contributed by atoms with E-state index in [1.807, 2.05) is 19.1 Å². The van der Waals surface area contributed by atoms with Gasteiger partial charge in [-0.05, 0) is 49.4 Å². The molecule has 0 saturated heterocycles. The Labute approximate surface area is 117 Å². The molecular formula is C16H12N2O2. The molecule has 2 rings (SSSR count). The van der Waals surface area contributed by atoms with Crippen LogP contribution in [0.2, 0.25) is 0 Å². The number of hydrogen-bond donors (Lipinski definition) is 0. The molecule has 0 heterocycles. The summed E-state index contributed by atoms with van der Waals surface area (Å²) in [6, 6.07) is 15.9. The number of ether oxygens (including phenoxy) is 2. The van der Waals surface area contributed by atoms with E-state index in [2.05, 4.69) is 0 Å². The normalized spacial score (nSPS) is 9.35. The first kappa shape index (κ1) is 13.5. The first-order valence-corrected chi connectivity index (χ1v) is 6.11. The fourth-order valence-corrected chi connectivity index (χ4v) is 1.67. The van der Waals surface area contributed by atoms with Gasteiger partial charge in [0.2, 0.25) is 0 Å². The van der Waals surface area contributed by atoms with Gasteiger partial charge in [0.15, 0.2) is 0 Å². The summed E-state index contributed by atoms with van der Waals surface area (Å²) in [6.07, 6.45) is 0. The van der Waals surface area contributed by atoms with Gasteiger partial charge in [-0.1, -0.05) is 0 Å². The van der Waals surface area contributed by atoms with Crippen molar-refractivity contribution in [3.63, 3.8) is 0 Å². The number of rotatable bonds is 4. The van der Waals surface area contributed by atoms with Crippen LogP contribution < -0.4 is 9.47 Å². The van der Waals surface area contributed by atoms with Crippen molar-refractivity contribution in [1.82, 2.24) is 0 Å². The monoisotopic (exact) mass is 264 g/mol. The Hall–Kier alpha value is -2.98. The highest BCUT2D eigenvalue weighted by atomic mass is 16.5. The van der Waals surface area contributed by atoms with Gasteiger partial charge in [0.1, 0.15) is 23.3 Å². The van der Waals surface area contributed by atoms with E-state index in [4.69, 9.17) is 20.0 Å². The Kier molecular flexibility index (Phi) is 4.21. The molecule has 0 unspecified atom stereocenters. The highest BCUT2D eigenvalue weighted by molar-refractivity contribution is 5.50. The zero-order chi connectivity index (χ0) is 14.4. The van der Waals surface area contributed by atoms with Crippen LogP contribution in [0.25, 0.3) is 0 Å². The molecule has 0 aliphatic carbocycles. The van der Waals surface area contributed by atoms with Crippen LogP contribution >= 0.6 is 0 Å². The summed E-state index contributed by atoms with van der Waals surface area (Å²) < 4.78 is 11.0. The SMILES string of the molecule is CCOc1ccc(Oc2ccc(C#N)cc2C#N)cc1. The number of nitrogens with zero attached hydrogens (tertiary/aromatic N) is 2. The Bertz CT molecular complexity index is 679. The first-order chi connectivity index (χ1) is 9.76. The van der Waals surface area contributed by atoms with Crippen LogP contribution in [0.3, 0.4) is 0 Å². The standard InChI is InChI=1S/C16H12N2O2/c1-2-19-14-4-6-15(7-5-14)20-16-8-3-12(10-17)9-13(16)11-18/h3-9H,2H2,1H3. The third-order valence-electron chi connectivity index (χ3n) is 2.59. The molecule has 20 heavy (non-hydrogen) atoms. The van der Waals surface area contributed by atoms with Crippen molar-refractivity contribution in [2.24, 2.45) is 0 Å². The van der Waals surface area contributed by atoms with Crippen molar-refractivity contribution in [3.05, 3.63) is 53.6 Å². The summed E-state index contributed by atoms with van der Waals surface area (Å²) in [5.41, 5.74) is 0.763. The molecule has 0 atom stereocenters. The van der Waals surface area contributed by atoms with Crippen molar-refractivity contribution in [2.75, 3.05) is 6.61 Å². The molecule has 2 aromatic rings. The number of nitriles is 2. The molecule has 0 N–H and O–H groups in total. The van der Waals surface area contributed by atoms with E-state index in [1.165, 1.54) is 6.07 Å². The smallest absolute Gasteiger partial charge is 0.145 e. The lowest BCUT2D eigenvalue weighted by atomic mass is 10.1. The average Bonchev–Trinajstić information content (AvgIpc) is 2.50. The lowest BCUT2D eigenvalue weighted by molar-refractivity contribution is 0.339. The molecule has 0 aliphatic rings.